The SMILES string of the molecule is O=C(O)C1CCC(NCC2CCCN2Cc2ccccc2)CC1. The predicted octanol–water partition coefficient (Wildman–Crippen LogP) is 2.88. The first kappa shape index (κ1) is 16.5. The van der Waals surface area contributed by atoms with E-state index in [4.69, 9.17) is 5.11 Å². The van der Waals surface area contributed by atoms with Crippen molar-refractivity contribution in [2.45, 2.75) is 57.2 Å². The van der Waals surface area contributed by atoms with Crippen molar-refractivity contribution in [3.8, 4) is 0 Å². The van der Waals surface area contributed by atoms with Crippen molar-refractivity contribution in [1.82, 2.24) is 10.2 Å². The molecule has 23 heavy (non-hydrogen) atoms. The fourth-order valence-electron chi connectivity index (χ4n) is 4.00. The first-order chi connectivity index (χ1) is 11.2. The molecular weight excluding hydrogens is 288 g/mol. The van der Waals surface area contributed by atoms with Crippen LogP contribution in [0.4, 0.5) is 0 Å². The lowest BCUT2D eigenvalue weighted by Crippen LogP contribution is -2.43. The Balaban J connectivity index is 1.43. The lowest BCUT2D eigenvalue weighted by Gasteiger charge is -2.30. The summed E-state index contributed by atoms with van der Waals surface area (Å²) in [6.45, 7) is 3.27. The fourth-order valence-corrected chi connectivity index (χ4v) is 4.00. The normalized spacial score (nSPS) is 28.8. The Kier molecular flexibility index (Phi) is 5.68. The van der Waals surface area contributed by atoms with E-state index in [1.165, 1.54) is 24.9 Å². The summed E-state index contributed by atoms with van der Waals surface area (Å²) in [5.41, 5.74) is 1.39. The number of carboxylic acids is 1. The topological polar surface area (TPSA) is 52.6 Å². The molecular formula is C19H28N2O2. The third kappa shape index (κ3) is 4.55. The van der Waals surface area contributed by atoms with Gasteiger partial charge in [0.15, 0.2) is 0 Å². The molecule has 1 aliphatic carbocycles. The van der Waals surface area contributed by atoms with E-state index in [0.717, 1.165) is 38.8 Å². The average molecular weight is 316 g/mol. The molecule has 0 bridgehead atoms. The van der Waals surface area contributed by atoms with Gasteiger partial charge in [-0.3, -0.25) is 9.69 Å². The molecule has 2 aliphatic rings. The van der Waals surface area contributed by atoms with E-state index < -0.39 is 5.97 Å². The zero-order valence-electron chi connectivity index (χ0n) is 13.8. The lowest BCUT2D eigenvalue weighted by molar-refractivity contribution is -0.142. The summed E-state index contributed by atoms with van der Waals surface area (Å²) in [7, 11) is 0. The molecule has 1 atom stereocenters. The first-order valence-electron chi connectivity index (χ1n) is 8.96. The molecule has 2 N–H and O–H groups in total. The van der Waals surface area contributed by atoms with Crippen LogP contribution in [0.3, 0.4) is 0 Å². The summed E-state index contributed by atoms with van der Waals surface area (Å²) >= 11 is 0. The highest BCUT2D eigenvalue weighted by Gasteiger charge is 2.28. The molecule has 3 rings (SSSR count). The number of benzene rings is 1. The van der Waals surface area contributed by atoms with Gasteiger partial charge in [0.2, 0.25) is 0 Å². The van der Waals surface area contributed by atoms with Gasteiger partial charge in [-0.05, 0) is 50.6 Å². The maximum atomic E-state index is 11.0. The van der Waals surface area contributed by atoms with Gasteiger partial charge < -0.3 is 10.4 Å². The van der Waals surface area contributed by atoms with E-state index in [2.05, 4.69) is 40.5 Å². The second-order valence-electron chi connectivity index (χ2n) is 7.05. The van der Waals surface area contributed by atoms with Gasteiger partial charge in [-0.1, -0.05) is 30.3 Å². The minimum Gasteiger partial charge on any atom is -0.481 e. The van der Waals surface area contributed by atoms with Gasteiger partial charge in [-0.2, -0.15) is 0 Å². The van der Waals surface area contributed by atoms with Crippen LogP contribution in [-0.4, -0.2) is 41.1 Å². The Bertz CT molecular complexity index is 497. The molecule has 0 radical (unpaired) electrons. The van der Waals surface area contributed by atoms with Crippen LogP contribution in [0.5, 0.6) is 0 Å². The fraction of sp³-hybridized carbons (Fsp3) is 0.632. The Morgan fingerprint density at radius 3 is 2.57 bits per heavy atom. The number of carbonyl (C=O) groups is 1. The minimum absolute atomic E-state index is 0.117. The largest absolute Gasteiger partial charge is 0.481 e. The van der Waals surface area contributed by atoms with Gasteiger partial charge in [0.1, 0.15) is 0 Å². The van der Waals surface area contributed by atoms with Crippen molar-refractivity contribution in [2.24, 2.45) is 5.92 Å². The van der Waals surface area contributed by atoms with Gasteiger partial charge in [0.05, 0.1) is 5.92 Å². The smallest absolute Gasteiger partial charge is 0.306 e. The van der Waals surface area contributed by atoms with Crippen molar-refractivity contribution in [3.63, 3.8) is 0 Å². The monoisotopic (exact) mass is 316 g/mol. The number of hydrogen-bond acceptors (Lipinski definition) is 3. The summed E-state index contributed by atoms with van der Waals surface area (Å²) in [5, 5.41) is 12.8. The number of carboxylic acid groups (broad SMARTS) is 1. The highest BCUT2D eigenvalue weighted by Crippen LogP contribution is 2.25. The van der Waals surface area contributed by atoms with Gasteiger partial charge in [-0.15, -0.1) is 0 Å². The summed E-state index contributed by atoms with van der Waals surface area (Å²) in [5.74, 6) is -0.734. The number of rotatable bonds is 6. The van der Waals surface area contributed by atoms with Gasteiger partial charge in [-0.25, -0.2) is 0 Å². The van der Waals surface area contributed by atoms with E-state index in [9.17, 15) is 4.79 Å². The molecule has 0 amide bonds. The van der Waals surface area contributed by atoms with Crippen molar-refractivity contribution in [1.29, 1.82) is 0 Å². The summed E-state index contributed by atoms with van der Waals surface area (Å²) in [4.78, 5) is 13.6. The lowest BCUT2D eigenvalue weighted by atomic mass is 9.86. The van der Waals surface area contributed by atoms with E-state index in [1.807, 2.05) is 0 Å². The Hall–Kier alpha value is -1.39. The summed E-state index contributed by atoms with van der Waals surface area (Å²) < 4.78 is 0. The minimum atomic E-state index is -0.617. The zero-order valence-corrected chi connectivity index (χ0v) is 13.8. The van der Waals surface area contributed by atoms with E-state index in [0.29, 0.717) is 12.1 Å². The molecule has 1 aromatic carbocycles. The highest BCUT2D eigenvalue weighted by atomic mass is 16.4. The Labute approximate surface area is 138 Å². The highest BCUT2D eigenvalue weighted by molar-refractivity contribution is 5.70. The molecule has 1 aliphatic heterocycles. The molecule has 2 fully saturated rings. The third-order valence-electron chi connectivity index (χ3n) is 5.45. The quantitative estimate of drug-likeness (QED) is 0.847. The molecule has 0 aromatic heterocycles. The maximum Gasteiger partial charge on any atom is 0.306 e. The second-order valence-corrected chi connectivity index (χ2v) is 7.05. The maximum absolute atomic E-state index is 11.0. The molecule has 0 spiro atoms. The molecule has 1 heterocycles. The Morgan fingerprint density at radius 2 is 1.87 bits per heavy atom. The molecule has 1 aromatic rings. The first-order valence-corrected chi connectivity index (χ1v) is 8.96. The number of likely N-dealkylation sites (tertiary alicyclic amines) is 1. The number of nitrogens with one attached hydrogen (secondary N) is 1. The van der Waals surface area contributed by atoms with E-state index in [-0.39, 0.29) is 5.92 Å². The van der Waals surface area contributed by atoms with Crippen LogP contribution in [0.25, 0.3) is 0 Å². The average Bonchev–Trinajstić information content (AvgIpc) is 3.01. The predicted molar refractivity (Wildman–Crippen MR) is 91.3 cm³/mol. The number of aliphatic carboxylic acids is 1. The van der Waals surface area contributed by atoms with Crippen LogP contribution in [0.1, 0.15) is 44.1 Å². The van der Waals surface area contributed by atoms with E-state index >= 15 is 0 Å². The summed E-state index contributed by atoms with van der Waals surface area (Å²) in [6.07, 6.45) is 6.21. The molecule has 4 heteroatoms. The molecule has 1 saturated heterocycles. The third-order valence-corrected chi connectivity index (χ3v) is 5.45. The Morgan fingerprint density at radius 1 is 1.13 bits per heavy atom. The van der Waals surface area contributed by atoms with Crippen LogP contribution < -0.4 is 5.32 Å². The van der Waals surface area contributed by atoms with Crippen LogP contribution >= 0.6 is 0 Å². The summed E-state index contributed by atoms with van der Waals surface area (Å²) in [6, 6.07) is 11.8. The standard InChI is InChI=1S/C19H28N2O2/c22-19(23)16-8-10-17(11-9-16)20-13-18-7-4-12-21(18)14-15-5-2-1-3-6-15/h1-3,5-6,16-18,20H,4,7-14H2,(H,22,23). The van der Waals surface area contributed by atoms with Crippen LogP contribution in [0, 0.1) is 5.92 Å². The van der Waals surface area contributed by atoms with Gasteiger partial charge in [0, 0.05) is 25.2 Å². The molecule has 1 unspecified atom stereocenters. The number of nitrogens with zero attached hydrogens (tertiary/aromatic N) is 1. The van der Waals surface area contributed by atoms with Crippen LogP contribution in [-0.2, 0) is 11.3 Å². The second kappa shape index (κ2) is 7.93. The van der Waals surface area contributed by atoms with Crippen molar-refractivity contribution in [3.05, 3.63) is 35.9 Å². The zero-order chi connectivity index (χ0) is 16.1. The van der Waals surface area contributed by atoms with Crippen LogP contribution in [0.2, 0.25) is 0 Å². The number of hydrogen-bond donors (Lipinski definition) is 2. The van der Waals surface area contributed by atoms with Crippen molar-refractivity contribution in [2.75, 3.05) is 13.1 Å². The molecule has 1 saturated carbocycles. The van der Waals surface area contributed by atoms with Crippen molar-refractivity contribution >= 4 is 5.97 Å². The molecule has 126 valence electrons. The van der Waals surface area contributed by atoms with Crippen molar-refractivity contribution < 1.29 is 9.90 Å². The van der Waals surface area contributed by atoms with E-state index in [1.54, 1.807) is 0 Å². The van der Waals surface area contributed by atoms with Gasteiger partial charge >= 0.3 is 5.97 Å². The molecule has 4 nitrogen and oxygen atoms in total. The van der Waals surface area contributed by atoms with Crippen LogP contribution in [0.15, 0.2) is 30.3 Å². The van der Waals surface area contributed by atoms with Gasteiger partial charge in [0.25, 0.3) is 0 Å².